The van der Waals surface area contributed by atoms with Crippen LogP contribution in [0.15, 0.2) is 64.1 Å². The molecule has 1 fully saturated rings. The first-order valence-electron chi connectivity index (χ1n) is 9.32. The van der Waals surface area contributed by atoms with Crippen LogP contribution in [0.3, 0.4) is 0 Å². The molecule has 0 saturated carbocycles. The lowest BCUT2D eigenvalue weighted by Gasteiger charge is -2.35. The third-order valence-electron chi connectivity index (χ3n) is 4.87. The maximum Gasteiger partial charge on any atom is 0.192 e. The number of rotatable bonds is 6. The van der Waals surface area contributed by atoms with Gasteiger partial charge < -0.3 is 14.1 Å². The highest BCUT2D eigenvalue weighted by atomic mass is 16.5. The Balaban J connectivity index is 1.21. The van der Waals surface area contributed by atoms with Crippen LogP contribution in [0.2, 0.25) is 0 Å². The highest BCUT2D eigenvalue weighted by Crippen LogP contribution is 2.18. The molecule has 0 spiro atoms. The quantitative estimate of drug-likeness (QED) is 0.626. The van der Waals surface area contributed by atoms with Gasteiger partial charge in [0.1, 0.15) is 17.2 Å². The molecule has 4 rings (SSSR count). The smallest absolute Gasteiger partial charge is 0.192 e. The molecule has 3 aromatic rings. The summed E-state index contributed by atoms with van der Waals surface area (Å²) in [5, 5.41) is 0.579. The third kappa shape index (κ3) is 4.28. The van der Waals surface area contributed by atoms with E-state index in [1.807, 2.05) is 24.4 Å². The van der Waals surface area contributed by atoms with Crippen LogP contribution in [0.25, 0.3) is 11.0 Å². The Hall–Kier alpha value is -2.86. The molecule has 6 nitrogen and oxygen atoms in total. The summed E-state index contributed by atoms with van der Waals surface area (Å²) in [4.78, 5) is 20.9. The molecule has 0 atom stereocenters. The molecular weight excluding hydrogens is 342 g/mol. The number of hydrogen-bond donors (Lipinski definition) is 0. The molecule has 140 valence electrons. The fourth-order valence-electron chi connectivity index (χ4n) is 3.37. The molecule has 0 amide bonds. The third-order valence-corrected chi connectivity index (χ3v) is 4.87. The van der Waals surface area contributed by atoms with Crippen molar-refractivity contribution in [1.82, 2.24) is 9.88 Å². The van der Waals surface area contributed by atoms with Gasteiger partial charge >= 0.3 is 0 Å². The van der Waals surface area contributed by atoms with E-state index >= 15 is 0 Å². The Kier molecular flexibility index (Phi) is 5.34. The first kappa shape index (κ1) is 17.5. The Morgan fingerprint density at radius 3 is 2.78 bits per heavy atom. The minimum atomic E-state index is -0.0346. The number of ether oxygens (including phenoxy) is 1. The minimum absolute atomic E-state index is 0.0346. The van der Waals surface area contributed by atoms with Gasteiger partial charge in [0.15, 0.2) is 5.43 Å². The molecule has 0 bridgehead atoms. The zero-order chi connectivity index (χ0) is 18.5. The molecule has 1 saturated heterocycles. The predicted octanol–water partition coefficient (Wildman–Crippen LogP) is 2.78. The lowest BCUT2D eigenvalue weighted by molar-refractivity contribution is 0.224. The molecule has 1 aliphatic rings. The summed E-state index contributed by atoms with van der Waals surface area (Å²) in [5.41, 5.74) is 0.526. The van der Waals surface area contributed by atoms with Crippen molar-refractivity contribution >= 4 is 16.8 Å². The van der Waals surface area contributed by atoms with E-state index in [-0.39, 0.29) is 5.43 Å². The van der Waals surface area contributed by atoms with Gasteiger partial charge in [-0.15, -0.1) is 0 Å². The second-order valence-electron chi connectivity index (χ2n) is 6.66. The van der Waals surface area contributed by atoms with Crippen LogP contribution in [0.1, 0.15) is 6.42 Å². The first-order chi connectivity index (χ1) is 13.3. The van der Waals surface area contributed by atoms with Crippen LogP contribution in [0.5, 0.6) is 5.75 Å². The Morgan fingerprint density at radius 1 is 1.07 bits per heavy atom. The standard InChI is InChI=1S/C21H23N3O3/c25-19-7-15-27-20-16-17(5-6-18(19)20)26-14-3-9-23-10-12-24(13-11-23)21-4-1-2-8-22-21/h1-2,4-8,15-16H,3,9-14H2. The fourth-order valence-corrected chi connectivity index (χ4v) is 3.37. The molecule has 1 aliphatic heterocycles. The molecule has 3 heterocycles. The second kappa shape index (κ2) is 8.22. The maximum atomic E-state index is 11.7. The summed E-state index contributed by atoms with van der Waals surface area (Å²) >= 11 is 0. The summed E-state index contributed by atoms with van der Waals surface area (Å²) in [6.07, 6.45) is 4.22. The molecule has 0 aliphatic carbocycles. The molecule has 0 unspecified atom stereocenters. The van der Waals surface area contributed by atoms with Crippen LogP contribution in [0, 0.1) is 0 Å². The number of aromatic nitrogens is 1. The molecule has 0 N–H and O–H groups in total. The molecule has 6 heteroatoms. The van der Waals surface area contributed by atoms with E-state index in [2.05, 4.69) is 20.9 Å². The summed E-state index contributed by atoms with van der Waals surface area (Å²) in [5.74, 6) is 1.79. The van der Waals surface area contributed by atoms with E-state index in [9.17, 15) is 4.79 Å². The van der Waals surface area contributed by atoms with Crippen molar-refractivity contribution in [3.8, 4) is 5.75 Å². The molecule has 0 radical (unpaired) electrons. The van der Waals surface area contributed by atoms with Crippen molar-refractivity contribution in [2.75, 3.05) is 44.2 Å². The number of hydrogen-bond acceptors (Lipinski definition) is 6. The number of benzene rings is 1. The van der Waals surface area contributed by atoms with Crippen molar-refractivity contribution < 1.29 is 9.15 Å². The predicted molar refractivity (Wildman–Crippen MR) is 105 cm³/mol. The fraction of sp³-hybridized carbons (Fsp3) is 0.333. The number of nitrogens with zero attached hydrogens (tertiary/aromatic N) is 3. The zero-order valence-corrected chi connectivity index (χ0v) is 15.2. The van der Waals surface area contributed by atoms with Crippen LogP contribution in [0.4, 0.5) is 5.82 Å². The normalized spacial score (nSPS) is 15.2. The first-order valence-corrected chi connectivity index (χ1v) is 9.32. The lowest BCUT2D eigenvalue weighted by Crippen LogP contribution is -2.47. The SMILES string of the molecule is O=c1ccoc2cc(OCCCN3CCN(c4ccccn4)CC3)ccc12. The van der Waals surface area contributed by atoms with Gasteiger partial charge in [0.2, 0.25) is 0 Å². The average molecular weight is 365 g/mol. The number of anilines is 1. The van der Waals surface area contributed by atoms with Gasteiger partial charge in [-0.1, -0.05) is 6.07 Å². The van der Waals surface area contributed by atoms with E-state index in [0.717, 1.165) is 50.7 Å². The summed E-state index contributed by atoms with van der Waals surface area (Å²) in [7, 11) is 0. The van der Waals surface area contributed by atoms with Gasteiger partial charge in [-0.2, -0.15) is 0 Å². The Bertz CT molecular complexity index is 934. The van der Waals surface area contributed by atoms with Crippen molar-refractivity contribution in [2.45, 2.75) is 6.42 Å². The molecule has 27 heavy (non-hydrogen) atoms. The molecular formula is C21H23N3O3. The van der Waals surface area contributed by atoms with E-state index < -0.39 is 0 Å². The van der Waals surface area contributed by atoms with Crippen LogP contribution in [-0.4, -0.2) is 49.2 Å². The van der Waals surface area contributed by atoms with Crippen LogP contribution >= 0.6 is 0 Å². The zero-order valence-electron chi connectivity index (χ0n) is 15.2. The van der Waals surface area contributed by atoms with Gasteiger partial charge in [0.25, 0.3) is 0 Å². The maximum absolute atomic E-state index is 11.7. The van der Waals surface area contributed by atoms with Crippen LogP contribution < -0.4 is 15.1 Å². The van der Waals surface area contributed by atoms with Crippen molar-refractivity contribution in [3.05, 3.63) is 65.1 Å². The Labute approximate surface area is 158 Å². The van der Waals surface area contributed by atoms with Crippen molar-refractivity contribution in [1.29, 1.82) is 0 Å². The highest BCUT2D eigenvalue weighted by molar-refractivity contribution is 5.77. The van der Waals surface area contributed by atoms with Gasteiger partial charge in [-0.25, -0.2) is 4.98 Å². The summed E-state index contributed by atoms with van der Waals surface area (Å²) < 4.78 is 11.2. The second-order valence-corrected chi connectivity index (χ2v) is 6.66. The lowest BCUT2D eigenvalue weighted by atomic mass is 10.2. The molecule has 1 aromatic carbocycles. The summed E-state index contributed by atoms with van der Waals surface area (Å²) in [6, 6.07) is 12.8. The van der Waals surface area contributed by atoms with E-state index in [0.29, 0.717) is 17.6 Å². The van der Waals surface area contributed by atoms with Crippen LogP contribution in [-0.2, 0) is 0 Å². The monoisotopic (exact) mass is 365 g/mol. The van der Waals surface area contributed by atoms with Gasteiger partial charge in [0.05, 0.1) is 18.3 Å². The van der Waals surface area contributed by atoms with E-state index in [1.165, 1.54) is 12.3 Å². The van der Waals surface area contributed by atoms with Crippen molar-refractivity contribution in [2.24, 2.45) is 0 Å². The van der Waals surface area contributed by atoms with E-state index in [4.69, 9.17) is 9.15 Å². The number of pyridine rings is 1. The Morgan fingerprint density at radius 2 is 1.96 bits per heavy atom. The van der Waals surface area contributed by atoms with E-state index in [1.54, 1.807) is 12.1 Å². The van der Waals surface area contributed by atoms with Crippen molar-refractivity contribution in [3.63, 3.8) is 0 Å². The topological polar surface area (TPSA) is 58.8 Å². The van der Waals surface area contributed by atoms with Gasteiger partial charge in [-0.05, 0) is 30.7 Å². The largest absolute Gasteiger partial charge is 0.493 e. The highest BCUT2D eigenvalue weighted by Gasteiger charge is 2.17. The van der Waals surface area contributed by atoms with Gasteiger partial charge in [0, 0.05) is 51.1 Å². The molecule has 2 aromatic heterocycles. The minimum Gasteiger partial charge on any atom is -0.493 e. The van der Waals surface area contributed by atoms with Gasteiger partial charge in [-0.3, -0.25) is 9.69 Å². The number of fused-ring (bicyclic) bond motifs is 1. The average Bonchev–Trinajstić information content (AvgIpc) is 2.72. The number of piperazine rings is 1. The summed E-state index contributed by atoms with van der Waals surface area (Å²) in [6.45, 7) is 5.74.